The average Bonchev–Trinajstić information content (AvgIpc) is 2.58. The van der Waals surface area contributed by atoms with Gasteiger partial charge in [0.05, 0.1) is 0 Å². The van der Waals surface area contributed by atoms with Crippen molar-refractivity contribution in [2.24, 2.45) is 11.1 Å². The lowest BCUT2D eigenvalue weighted by Crippen LogP contribution is -2.22. The van der Waals surface area contributed by atoms with Gasteiger partial charge in [0.2, 0.25) is 0 Å². The number of aromatic hydroxyl groups is 1. The third-order valence-electron chi connectivity index (χ3n) is 3.55. The molecule has 1 atom stereocenters. The molecule has 0 aromatic heterocycles. The minimum Gasteiger partial charge on any atom is -0.508 e. The molecule has 17 heavy (non-hydrogen) atoms. The zero-order valence-electron chi connectivity index (χ0n) is 10.9. The smallest absolute Gasteiger partial charge is 0.122 e. The van der Waals surface area contributed by atoms with E-state index in [1.807, 2.05) is 19.1 Å². The molecule has 0 radical (unpaired) electrons. The number of phenols is 1. The Bertz CT molecular complexity index is 413. The first-order chi connectivity index (χ1) is 7.89. The molecule has 1 unspecified atom stereocenters. The lowest BCUT2D eigenvalue weighted by Gasteiger charge is -2.22. The largest absolute Gasteiger partial charge is 0.508 e. The summed E-state index contributed by atoms with van der Waals surface area (Å²) in [4.78, 5) is 2.32. The second kappa shape index (κ2) is 4.22. The summed E-state index contributed by atoms with van der Waals surface area (Å²) in [6.45, 7) is 8.55. The standard InChI is InChI=1S/C14H22N2O/c1-10(15)12-5-4-11(8-13(12)17)16-7-6-14(2,3)9-16/h4-5,8,10,17H,6-7,9,15H2,1-3H3. The van der Waals surface area contributed by atoms with E-state index in [0.717, 1.165) is 24.3 Å². The predicted octanol–water partition coefficient (Wildman–Crippen LogP) is 2.65. The summed E-state index contributed by atoms with van der Waals surface area (Å²) in [6, 6.07) is 5.69. The fourth-order valence-electron chi connectivity index (χ4n) is 2.45. The summed E-state index contributed by atoms with van der Waals surface area (Å²) in [6.07, 6.45) is 1.20. The van der Waals surface area contributed by atoms with Crippen LogP contribution in [0.2, 0.25) is 0 Å². The second-order valence-corrected chi connectivity index (χ2v) is 5.87. The molecule has 0 spiro atoms. The third kappa shape index (κ3) is 2.55. The van der Waals surface area contributed by atoms with Gasteiger partial charge in [-0.15, -0.1) is 0 Å². The molecule has 1 fully saturated rings. The molecule has 0 aliphatic carbocycles. The molecule has 0 saturated carbocycles. The van der Waals surface area contributed by atoms with Gasteiger partial charge in [-0.2, -0.15) is 0 Å². The number of nitrogens with two attached hydrogens (primary N) is 1. The van der Waals surface area contributed by atoms with Crippen molar-refractivity contribution in [3.8, 4) is 5.75 Å². The van der Waals surface area contributed by atoms with Crippen LogP contribution >= 0.6 is 0 Å². The van der Waals surface area contributed by atoms with E-state index in [2.05, 4.69) is 24.8 Å². The van der Waals surface area contributed by atoms with Crippen LogP contribution in [0.4, 0.5) is 5.69 Å². The highest BCUT2D eigenvalue weighted by Crippen LogP contribution is 2.35. The van der Waals surface area contributed by atoms with Crippen LogP contribution in [-0.2, 0) is 0 Å². The first kappa shape index (κ1) is 12.2. The molecule has 1 heterocycles. The molecule has 0 bridgehead atoms. The van der Waals surface area contributed by atoms with Gasteiger partial charge >= 0.3 is 0 Å². The lowest BCUT2D eigenvalue weighted by molar-refractivity contribution is 0.418. The Morgan fingerprint density at radius 1 is 1.41 bits per heavy atom. The Balaban J connectivity index is 2.21. The Labute approximate surface area is 103 Å². The van der Waals surface area contributed by atoms with Crippen LogP contribution < -0.4 is 10.6 Å². The fraction of sp³-hybridized carbons (Fsp3) is 0.571. The van der Waals surface area contributed by atoms with Crippen molar-refractivity contribution in [3.63, 3.8) is 0 Å². The molecule has 1 aromatic rings. The Kier molecular flexibility index (Phi) is 3.04. The summed E-state index contributed by atoms with van der Waals surface area (Å²) in [5.41, 5.74) is 8.07. The molecule has 3 heteroatoms. The van der Waals surface area contributed by atoms with Crippen LogP contribution in [0.5, 0.6) is 5.75 Å². The minimum absolute atomic E-state index is 0.126. The topological polar surface area (TPSA) is 49.5 Å². The first-order valence-electron chi connectivity index (χ1n) is 6.22. The zero-order chi connectivity index (χ0) is 12.6. The van der Waals surface area contributed by atoms with Crippen LogP contribution in [-0.4, -0.2) is 18.2 Å². The Morgan fingerprint density at radius 3 is 2.59 bits per heavy atom. The second-order valence-electron chi connectivity index (χ2n) is 5.87. The van der Waals surface area contributed by atoms with Crippen LogP contribution in [0.25, 0.3) is 0 Å². The summed E-state index contributed by atoms with van der Waals surface area (Å²) in [7, 11) is 0. The monoisotopic (exact) mass is 234 g/mol. The molecule has 1 saturated heterocycles. The molecule has 94 valence electrons. The lowest BCUT2D eigenvalue weighted by atomic mass is 9.93. The van der Waals surface area contributed by atoms with Gasteiger partial charge < -0.3 is 15.7 Å². The van der Waals surface area contributed by atoms with Crippen LogP contribution in [0.3, 0.4) is 0 Å². The van der Waals surface area contributed by atoms with Gasteiger partial charge in [-0.05, 0) is 24.8 Å². The molecule has 0 amide bonds. The van der Waals surface area contributed by atoms with Crippen molar-refractivity contribution in [2.45, 2.75) is 33.2 Å². The van der Waals surface area contributed by atoms with Crippen molar-refractivity contribution < 1.29 is 5.11 Å². The molecule has 1 aliphatic rings. The molecule has 3 nitrogen and oxygen atoms in total. The summed E-state index contributed by atoms with van der Waals surface area (Å²) in [5.74, 6) is 0.308. The molecule has 2 rings (SSSR count). The van der Waals surface area contributed by atoms with Crippen LogP contribution in [0, 0.1) is 5.41 Å². The summed E-state index contributed by atoms with van der Waals surface area (Å²) in [5, 5.41) is 9.95. The number of hydrogen-bond acceptors (Lipinski definition) is 3. The van der Waals surface area contributed by atoms with Gasteiger partial charge in [0.15, 0.2) is 0 Å². The third-order valence-corrected chi connectivity index (χ3v) is 3.55. The van der Waals surface area contributed by atoms with Gasteiger partial charge in [0.1, 0.15) is 5.75 Å². The number of nitrogens with zero attached hydrogens (tertiary/aromatic N) is 1. The maximum absolute atomic E-state index is 9.95. The van der Waals surface area contributed by atoms with Crippen molar-refractivity contribution in [2.75, 3.05) is 18.0 Å². The van der Waals surface area contributed by atoms with Gasteiger partial charge in [-0.1, -0.05) is 19.9 Å². The highest BCUT2D eigenvalue weighted by atomic mass is 16.3. The van der Waals surface area contributed by atoms with E-state index >= 15 is 0 Å². The number of rotatable bonds is 2. The number of hydrogen-bond donors (Lipinski definition) is 2. The molecule has 3 N–H and O–H groups in total. The highest BCUT2D eigenvalue weighted by molar-refractivity contribution is 5.54. The first-order valence-corrected chi connectivity index (χ1v) is 6.22. The summed E-state index contributed by atoms with van der Waals surface area (Å²) >= 11 is 0. The molecular formula is C14H22N2O. The van der Waals surface area contributed by atoms with E-state index in [-0.39, 0.29) is 6.04 Å². The molecule has 1 aliphatic heterocycles. The van der Waals surface area contributed by atoms with Gasteiger partial charge in [0.25, 0.3) is 0 Å². The Hall–Kier alpha value is -1.22. The summed E-state index contributed by atoms with van der Waals surface area (Å²) < 4.78 is 0. The van der Waals surface area contributed by atoms with Crippen molar-refractivity contribution in [3.05, 3.63) is 23.8 Å². The van der Waals surface area contributed by atoms with Crippen molar-refractivity contribution in [1.82, 2.24) is 0 Å². The van der Waals surface area contributed by atoms with E-state index in [1.165, 1.54) is 6.42 Å². The fourth-order valence-corrected chi connectivity index (χ4v) is 2.45. The normalized spacial score (nSPS) is 20.6. The average molecular weight is 234 g/mol. The maximum Gasteiger partial charge on any atom is 0.122 e. The van der Waals surface area contributed by atoms with Gasteiger partial charge in [-0.25, -0.2) is 0 Å². The van der Waals surface area contributed by atoms with E-state index in [9.17, 15) is 5.11 Å². The van der Waals surface area contributed by atoms with Crippen molar-refractivity contribution >= 4 is 5.69 Å². The van der Waals surface area contributed by atoms with E-state index < -0.39 is 0 Å². The SMILES string of the molecule is CC(N)c1ccc(N2CCC(C)(C)C2)cc1O. The van der Waals surface area contributed by atoms with Gasteiger partial charge in [-0.3, -0.25) is 0 Å². The van der Waals surface area contributed by atoms with Crippen LogP contribution in [0.15, 0.2) is 18.2 Å². The Morgan fingerprint density at radius 2 is 2.12 bits per heavy atom. The zero-order valence-corrected chi connectivity index (χ0v) is 10.9. The minimum atomic E-state index is -0.126. The van der Waals surface area contributed by atoms with Crippen LogP contribution in [0.1, 0.15) is 38.8 Å². The van der Waals surface area contributed by atoms with E-state index in [0.29, 0.717) is 11.2 Å². The molecule has 1 aromatic carbocycles. The molecular weight excluding hydrogens is 212 g/mol. The van der Waals surface area contributed by atoms with E-state index in [1.54, 1.807) is 0 Å². The maximum atomic E-state index is 9.95. The van der Waals surface area contributed by atoms with Crippen molar-refractivity contribution in [1.29, 1.82) is 0 Å². The van der Waals surface area contributed by atoms with E-state index in [4.69, 9.17) is 5.73 Å². The number of phenolic OH excluding ortho intramolecular Hbond substituents is 1. The predicted molar refractivity (Wildman–Crippen MR) is 71.3 cm³/mol. The number of benzene rings is 1. The van der Waals surface area contributed by atoms with Gasteiger partial charge in [0, 0.05) is 36.4 Å². The number of anilines is 1. The quantitative estimate of drug-likeness (QED) is 0.827. The highest BCUT2D eigenvalue weighted by Gasteiger charge is 2.29.